The molecular formula is C18H17ClN2O2. The summed E-state index contributed by atoms with van der Waals surface area (Å²) in [5.41, 5.74) is 2.37. The Morgan fingerprint density at radius 2 is 1.87 bits per heavy atom. The molecular weight excluding hydrogens is 312 g/mol. The molecule has 0 saturated carbocycles. The summed E-state index contributed by atoms with van der Waals surface area (Å²) in [4.78, 5) is 23.2. The number of halogens is 1. The third-order valence-corrected chi connectivity index (χ3v) is 3.42. The molecule has 0 aliphatic carbocycles. The highest BCUT2D eigenvalue weighted by Crippen LogP contribution is 2.11. The van der Waals surface area contributed by atoms with Crippen LogP contribution >= 0.6 is 11.6 Å². The predicted molar refractivity (Wildman–Crippen MR) is 92.2 cm³/mol. The van der Waals surface area contributed by atoms with Crippen molar-refractivity contribution in [2.45, 2.75) is 6.54 Å². The Hall–Kier alpha value is -2.59. The average Bonchev–Trinajstić information content (AvgIpc) is 2.58. The first-order chi connectivity index (χ1) is 11.1. The third-order valence-electron chi connectivity index (χ3n) is 3.19. The fraction of sp³-hybridized carbons (Fsp3) is 0.111. The number of hydrogen-bond acceptors (Lipinski definition) is 2. The number of carbonyl (C=O) groups excluding carboxylic acids is 2. The lowest BCUT2D eigenvalue weighted by Gasteiger charge is -2.04. The number of hydrogen-bond donors (Lipinski definition) is 2. The number of benzene rings is 2. The highest BCUT2D eigenvalue weighted by Gasteiger charge is 2.02. The van der Waals surface area contributed by atoms with Crippen molar-refractivity contribution in [1.29, 1.82) is 0 Å². The van der Waals surface area contributed by atoms with Gasteiger partial charge in [-0.2, -0.15) is 0 Å². The summed E-state index contributed by atoms with van der Waals surface area (Å²) >= 11 is 5.88. The van der Waals surface area contributed by atoms with Gasteiger partial charge in [-0.3, -0.25) is 9.59 Å². The Balaban J connectivity index is 1.88. The first-order valence-corrected chi connectivity index (χ1v) is 7.49. The zero-order chi connectivity index (χ0) is 16.7. The van der Waals surface area contributed by atoms with E-state index in [1.807, 2.05) is 24.3 Å². The Bertz CT molecular complexity index is 724. The van der Waals surface area contributed by atoms with Gasteiger partial charge in [0.1, 0.15) is 0 Å². The molecule has 0 atom stereocenters. The largest absolute Gasteiger partial charge is 0.355 e. The molecule has 2 aromatic carbocycles. The molecule has 0 aliphatic rings. The molecule has 0 spiro atoms. The van der Waals surface area contributed by atoms with Gasteiger partial charge in [0, 0.05) is 30.3 Å². The van der Waals surface area contributed by atoms with Crippen LogP contribution in [0.4, 0.5) is 0 Å². The van der Waals surface area contributed by atoms with Crippen LogP contribution in [0, 0.1) is 0 Å². The Morgan fingerprint density at radius 3 is 2.52 bits per heavy atom. The first kappa shape index (κ1) is 16.8. The normalized spacial score (nSPS) is 10.5. The maximum absolute atomic E-state index is 11.8. The van der Waals surface area contributed by atoms with Crippen molar-refractivity contribution >= 4 is 29.5 Å². The van der Waals surface area contributed by atoms with Gasteiger partial charge in [-0.25, -0.2) is 0 Å². The molecule has 23 heavy (non-hydrogen) atoms. The van der Waals surface area contributed by atoms with Gasteiger partial charge < -0.3 is 10.6 Å². The van der Waals surface area contributed by atoms with Crippen molar-refractivity contribution in [2.75, 3.05) is 7.05 Å². The highest BCUT2D eigenvalue weighted by molar-refractivity contribution is 6.30. The van der Waals surface area contributed by atoms with E-state index in [2.05, 4.69) is 10.6 Å². The number of nitrogens with one attached hydrogen (secondary N) is 2. The van der Waals surface area contributed by atoms with Gasteiger partial charge in [-0.15, -0.1) is 0 Å². The van der Waals surface area contributed by atoms with E-state index in [0.29, 0.717) is 17.1 Å². The SMILES string of the molecule is CNC(=O)c1ccc(CNC(=O)/C=C/c2cccc(Cl)c2)cc1. The standard InChI is InChI=1S/C18H17ClN2O2/c1-20-18(23)15-8-5-14(6-9-15)12-21-17(22)10-7-13-3-2-4-16(19)11-13/h2-11H,12H2,1H3,(H,20,23)(H,21,22)/b10-7+. The van der Waals surface area contributed by atoms with Crippen LogP contribution in [-0.4, -0.2) is 18.9 Å². The van der Waals surface area contributed by atoms with Crippen LogP contribution in [0.15, 0.2) is 54.6 Å². The molecule has 2 aromatic rings. The molecule has 2 rings (SSSR count). The van der Waals surface area contributed by atoms with Crippen molar-refractivity contribution < 1.29 is 9.59 Å². The van der Waals surface area contributed by atoms with Crippen LogP contribution in [0.25, 0.3) is 6.08 Å². The Morgan fingerprint density at radius 1 is 1.13 bits per heavy atom. The lowest BCUT2D eigenvalue weighted by molar-refractivity contribution is -0.116. The predicted octanol–water partition coefficient (Wildman–Crippen LogP) is 3.03. The van der Waals surface area contributed by atoms with Crippen LogP contribution in [-0.2, 0) is 11.3 Å². The van der Waals surface area contributed by atoms with E-state index in [0.717, 1.165) is 11.1 Å². The zero-order valence-electron chi connectivity index (χ0n) is 12.7. The van der Waals surface area contributed by atoms with Gasteiger partial charge in [0.25, 0.3) is 5.91 Å². The van der Waals surface area contributed by atoms with E-state index in [-0.39, 0.29) is 11.8 Å². The fourth-order valence-corrected chi connectivity index (χ4v) is 2.15. The van der Waals surface area contributed by atoms with Crippen molar-refractivity contribution in [3.63, 3.8) is 0 Å². The van der Waals surface area contributed by atoms with Gasteiger partial charge in [-0.1, -0.05) is 35.9 Å². The quantitative estimate of drug-likeness (QED) is 0.829. The molecule has 0 aromatic heterocycles. The van der Waals surface area contributed by atoms with E-state index >= 15 is 0 Å². The molecule has 0 bridgehead atoms. The minimum atomic E-state index is -0.194. The average molecular weight is 329 g/mol. The second kappa shape index (κ2) is 8.15. The second-order valence-electron chi connectivity index (χ2n) is 4.88. The topological polar surface area (TPSA) is 58.2 Å². The molecule has 0 fully saturated rings. The molecule has 0 saturated heterocycles. The highest BCUT2D eigenvalue weighted by atomic mass is 35.5. The number of amides is 2. The van der Waals surface area contributed by atoms with Crippen LogP contribution in [0.1, 0.15) is 21.5 Å². The van der Waals surface area contributed by atoms with E-state index in [1.165, 1.54) is 6.08 Å². The molecule has 0 aliphatic heterocycles. The minimum absolute atomic E-state index is 0.134. The molecule has 2 amide bonds. The van der Waals surface area contributed by atoms with E-state index in [1.54, 1.807) is 37.4 Å². The van der Waals surface area contributed by atoms with Crippen molar-refractivity contribution in [3.05, 3.63) is 76.3 Å². The molecule has 118 valence electrons. The summed E-state index contributed by atoms with van der Waals surface area (Å²) in [7, 11) is 1.59. The first-order valence-electron chi connectivity index (χ1n) is 7.11. The molecule has 0 unspecified atom stereocenters. The molecule has 4 nitrogen and oxygen atoms in total. The van der Waals surface area contributed by atoms with Crippen LogP contribution in [0.3, 0.4) is 0 Å². The van der Waals surface area contributed by atoms with Crippen molar-refractivity contribution in [3.8, 4) is 0 Å². The third kappa shape index (κ3) is 5.27. The second-order valence-corrected chi connectivity index (χ2v) is 5.32. The lowest BCUT2D eigenvalue weighted by Crippen LogP contribution is -2.20. The lowest BCUT2D eigenvalue weighted by atomic mass is 10.1. The van der Waals surface area contributed by atoms with Crippen LogP contribution < -0.4 is 10.6 Å². The molecule has 2 N–H and O–H groups in total. The number of rotatable bonds is 5. The summed E-state index contributed by atoms with van der Waals surface area (Å²) in [6.45, 7) is 0.396. The van der Waals surface area contributed by atoms with Crippen molar-refractivity contribution in [1.82, 2.24) is 10.6 Å². The Labute approximate surface area is 140 Å². The zero-order valence-corrected chi connectivity index (χ0v) is 13.4. The van der Waals surface area contributed by atoms with E-state index in [4.69, 9.17) is 11.6 Å². The van der Waals surface area contributed by atoms with Crippen LogP contribution in [0.5, 0.6) is 0 Å². The number of carbonyl (C=O) groups is 2. The van der Waals surface area contributed by atoms with E-state index in [9.17, 15) is 9.59 Å². The fourth-order valence-electron chi connectivity index (χ4n) is 1.95. The van der Waals surface area contributed by atoms with Crippen molar-refractivity contribution in [2.24, 2.45) is 0 Å². The summed E-state index contributed by atoms with van der Waals surface area (Å²) in [6, 6.07) is 14.3. The molecule has 0 heterocycles. The van der Waals surface area contributed by atoms with E-state index < -0.39 is 0 Å². The summed E-state index contributed by atoms with van der Waals surface area (Å²) in [5, 5.41) is 5.98. The van der Waals surface area contributed by atoms with Gasteiger partial charge >= 0.3 is 0 Å². The van der Waals surface area contributed by atoms with Gasteiger partial charge in [0.2, 0.25) is 5.91 Å². The summed E-state index contributed by atoms with van der Waals surface area (Å²) < 4.78 is 0. The molecule has 5 heteroatoms. The molecule has 0 radical (unpaired) electrons. The summed E-state index contributed by atoms with van der Waals surface area (Å²) in [5.74, 6) is -0.328. The van der Waals surface area contributed by atoms with Crippen LogP contribution in [0.2, 0.25) is 5.02 Å². The van der Waals surface area contributed by atoms with Gasteiger partial charge in [0.15, 0.2) is 0 Å². The van der Waals surface area contributed by atoms with Gasteiger partial charge in [0.05, 0.1) is 0 Å². The maximum atomic E-state index is 11.8. The monoisotopic (exact) mass is 328 g/mol. The maximum Gasteiger partial charge on any atom is 0.251 e. The Kier molecular flexibility index (Phi) is 5.94. The summed E-state index contributed by atoms with van der Waals surface area (Å²) in [6.07, 6.45) is 3.17. The smallest absolute Gasteiger partial charge is 0.251 e. The van der Waals surface area contributed by atoms with Gasteiger partial charge in [-0.05, 0) is 41.5 Å². The minimum Gasteiger partial charge on any atom is -0.355 e.